The third kappa shape index (κ3) is 1.96. The van der Waals surface area contributed by atoms with Crippen molar-refractivity contribution in [1.82, 2.24) is 9.97 Å². The van der Waals surface area contributed by atoms with Crippen molar-refractivity contribution in [1.29, 1.82) is 0 Å². The molecule has 3 rings (SSSR count). The predicted octanol–water partition coefficient (Wildman–Crippen LogP) is -0.648. The number of aromatic nitrogens is 2. The van der Waals surface area contributed by atoms with Crippen molar-refractivity contribution in [2.24, 2.45) is 0 Å². The molecule has 2 aliphatic rings. The molecule has 0 unspecified atom stereocenters. The van der Waals surface area contributed by atoms with Gasteiger partial charge in [0.2, 0.25) is 0 Å². The molecule has 1 saturated heterocycles. The van der Waals surface area contributed by atoms with Gasteiger partial charge >= 0.3 is 14.2 Å². The number of hydrogen-bond donors (Lipinski definition) is 3. The Labute approximate surface area is 105 Å². The summed E-state index contributed by atoms with van der Waals surface area (Å²) in [5, 5.41) is 13.4. The predicted molar refractivity (Wildman–Crippen MR) is 68.3 cm³/mol. The van der Waals surface area contributed by atoms with Crippen molar-refractivity contribution in [2.75, 3.05) is 24.2 Å². The molecule has 92 valence electrons. The molecule has 0 radical (unpaired) electrons. The molecule has 0 bridgehead atoms. The second-order valence-corrected chi connectivity index (χ2v) is 4.14. The van der Waals surface area contributed by atoms with Crippen molar-refractivity contribution in [3.05, 3.63) is 17.3 Å². The van der Waals surface area contributed by atoms with Gasteiger partial charge in [-0.3, -0.25) is 0 Å². The van der Waals surface area contributed by atoms with Crippen LogP contribution in [0.4, 0.5) is 11.6 Å². The highest BCUT2D eigenvalue weighted by Crippen LogP contribution is 2.28. The van der Waals surface area contributed by atoms with Crippen LogP contribution in [-0.4, -0.2) is 42.4 Å². The summed E-state index contributed by atoms with van der Waals surface area (Å²) in [4.78, 5) is 7.94. The Balaban J connectivity index is 1.96. The molecule has 0 saturated carbocycles. The minimum absolute atomic E-state index is 0.354. The van der Waals surface area contributed by atoms with Gasteiger partial charge in [-0.15, -0.1) is 0 Å². The van der Waals surface area contributed by atoms with Crippen LogP contribution < -0.4 is 11.0 Å². The fourth-order valence-corrected chi connectivity index (χ4v) is 2.00. The summed E-state index contributed by atoms with van der Waals surface area (Å²) < 4.78 is 10.9. The van der Waals surface area contributed by atoms with Gasteiger partial charge in [0.1, 0.15) is 18.0 Å². The number of nitrogens with two attached hydrogens (primary N) is 1. The molecule has 0 atom stereocenters. The molecule has 0 amide bonds. The SMILES string of the molecule is Nc1ncnc2c1C=C(B1OCCCO1)B(O)N2. The molecule has 7 nitrogen and oxygen atoms in total. The third-order valence-electron chi connectivity index (χ3n) is 2.91. The van der Waals surface area contributed by atoms with Crippen molar-refractivity contribution in [3.8, 4) is 0 Å². The number of nitrogens with one attached hydrogen (secondary N) is 1. The van der Waals surface area contributed by atoms with Gasteiger partial charge in [-0.1, -0.05) is 6.08 Å². The van der Waals surface area contributed by atoms with E-state index >= 15 is 0 Å². The highest BCUT2D eigenvalue weighted by atomic mass is 16.6. The van der Waals surface area contributed by atoms with Gasteiger partial charge in [-0.2, -0.15) is 0 Å². The highest BCUT2D eigenvalue weighted by molar-refractivity contribution is 6.83. The van der Waals surface area contributed by atoms with E-state index in [2.05, 4.69) is 15.2 Å². The standard InChI is InChI=1S/C9H12B2N4O3/c12-8-6-4-7(11-17-2-1-3-18-11)10(16)15-9(6)14-5-13-8/h4-5,16H,1-3H2,(H3,12,13,14,15). The monoisotopic (exact) mass is 246 g/mol. The molecular formula is C9H12B2N4O3. The lowest BCUT2D eigenvalue weighted by Gasteiger charge is -2.26. The summed E-state index contributed by atoms with van der Waals surface area (Å²) in [6.07, 6.45) is 3.93. The number of rotatable bonds is 1. The lowest BCUT2D eigenvalue weighted by Crippen LogP contribution is -2.43. The molecule has 9 heteroatoms. The van der Waals surface area contributed by atoms with Gasteiger partial charge in [0.15, 0.2) is 0 Å². The maximum absolute atomic E-state index is 10.0. The van der Waals surface area contributed by atoms with Crippen LogP contribution in [0, 0.1) is 0 Å². The maximum atomic E-state index is 10.0. The maximum Gasteiger partial charge on any atom is 0.485 e. The summed E-state index contributed by atoms with van der Waals surface area (Å²) in [7, 11) is -1.44. The lowest BCUT2D eigenvalue weighted by molar-refractivity contribution is 0.141. The molecular weight excluding hydrogens is 234 g/mol. The molecule has 18 heavy (non-hydrogen) atoms. The Kier molecular flexibility index (Phi) is 2.94. The molecule has 0 aliphatic carbocycles. The molecule has 1 fully saturated rings. The van der Waals surface area contributed by atoms with E-state index in [4.69, 9.17) is 15.0 Å². The molecule has 0 aromatic carbocycles. The van der Waals surface area contributed by atoms with Crippen LogP contribution in [0.5, 0.6) is 0 Å². The van der Waals surface area contributed by atoms with E-state index in [9.17, 15) is 5.02 Å². The van der Waals surface area contributed by atoms with Gasteiger partial charge in [0.05, 0.1) is 5.56 Å². The van der Waals surface area contributed by atoms with Crippen LogP contribution >= 0.6 is 0 Å². The second-order valence-electron chi connectivity index (χ2n) is 4.14. The Hall–Kier alpha value is -1.57. The van der Waals surface area contributed by atoms with Gasteiger partial charge in [-0.25, -0.2) is 9.97 Å². The summed E-state index contributed by atoms with van der Waals surface area (Å²) >= 11 is 0. The van der Waals surface area contributed by atoms with E-state index in [1.165, 1.54) is 6.33 Å². The number of nitrogens with zero attached hydrogens (tertiary/aromatic N) is 2. The van der Waals surface area contributed by atoms with E-state index in [-0.39, 0.29) is 0 Å². The Morgan fingerprint density at radius 1 is 1.33 bits per heavy atom. The normalized spacial score (nSPS) is 19.1. The lowest BCUT2D eigenvalue weighted by atomic mass is 9.53. The van der Waals surface area contributed by atoms with Crippen LogP contribution in [0.1, 0.15) is 12.0 Å². The van der Waals surface area contributed by atoms with Crippen molar-refractivity contribution < 1.29 is 14.3 Å². The van der Waals surface area contributed by atoms with Crippen LogP contribution in [0.25, 0.3) is 6.08 Å². The zero-order valence-electron chi connectivity index (χ0n) is 9.67. The number of nitrogen functional groups attached to an aromatic ring is 1. The topological polar surface area (TPSA) is 103 Å². The number of anilines is 2. The van der Waals surface area contributed by atoms with Crippen LogP contribution in [-0.2, 0) is 9.31 Å². The van der Waals surface area contributed by atoms with Gasteiger partial charge in [0, 0.05) is 13.2 Å². The quantitative estimate of drug-likeness (QED) is 0.565. The average molecular weight is 246 g/mol. The number of hydrogen-bond acceptors (Lipinski definition) is 7. The minimum Gasteiger partial charge on any atom is -0.429 e. The van der Waals surface area contributed by atoms with Crippen LogP contribution in [0.2, 0.25) is 0 Å². The van der Waals surface area contributed by atoms with Crippen molar-refractivity contribution in [3.63, 3.8) is 0 Å². The largest absolute Gasteiger partial charge is 0.485 e. The Morgan fingerprint density at radius 3 is 2.89 bits per heavy atom. The molecule has 4 N–H and O–H groups in total. The van der Waals surface area contributed by atoms with E-state index in [1.54, 1.807) is 6.08 Å². The van der Waals surface area contributed by atoms with Crippen LogP contribution in [0.3, 0.4) is 0 Å². The van der Waals surface area contributed by atoms with Gasteiger partial charge < -0.3 is 25.3 Å². The Bertz CT molecular complexity index is 493. The van der Waals surface area contributed by atoms with Gasteiger partial charge in [-0.05, 0) is 11.8 Å². The number of fused-ring (bicyclic) bond motifs is 1. The smallest absolute Gasteiger partial charge is 0.429 e. The first-order valence-electron chi connectivity index (χ1n) is 5.75. The van der Waals surface area contributed by atoms with Crippen LogP contribution in [0.15, 0.2) is 11.7 Å². The van der Waals surface area contributed by atoms with E-state index < -0.39 is 14.2 Å². The zero-order valence-corrected chi connectivity index (χ0v) is 9.67. The summed E-state index contributed by atoms with van der Waals surface area (Å²) in [6, 6.07) is 0. The molecule has 2 aliphatic heterocycles. The fourth-order valence-electron chi connectivity index (χ4n) is 2.00. The summed E-state index contributed by atoms with van der Waals surface area (Å²) in [6.45, 7) is 1.23. The van der Waals surface area contributed by atoms with E-state index in [0.717, 1.165) is 6.42 Å². The van der Waals surface area contributed by atoms with Crippen molar-refractivity contribution >= 4 is 31.9 Å². The molecule has 1 aromatic heterocycles. The van der Waals surface area contributed by atoms with Gasteiger partial charge in [0.25, 0.3) is 0 Å². The molecule has 3 heterocycles. The average Bonchev–Trinajstić information content (AvgIpc) is 2.39. The minimum atomic E-state index is -0.894. The summed E-state index contributed by atoms with van der Waals surface area (Å²) in [5.41, 5.74) is 6.43. The first-order chi connectivity index (χ1) is 8.75. The van der Waals surface area contributed by atoms with E-state index in [0.29, 0.717) is 35.8 Å². The van der Waals surface area contributed by atoms with Crippen molar-refractivity contribution in [2.45, 2.75) is 6.42 Å². The summed E-state index contributed by atoms with van der Waals surface area (Å²) in [5.74, 6) is 0.863. The molecule has 1 aromatic rings. The Morgan fingerprint density at radius 2 is 2.11 bits per heavy atom. The second kappa shape index (κ2) is 4.60. The highest BCUT2D eigenvalue weighted by Gasteiger charge is 2.38. The zero-order chi connectivity index (χ0) is 12.5. The first kappa shape index (κ1) is 11.5. The molecule has 0 spiro atoms. The fraction of sp³-hybridized carbons (Fsp3) is 0.333. The third-order valence-corrected chi connectivity index (χ3v) is 2.91. The van der Waals surface area contributed by atoms with E-state index in [1.807, 2.05) is 0 Å². The first-order valence-corrected chi connectivity index (χ1v) is 5.75.